The predicted molar refractivity (Wildman–Crippen MR) is 132 cm³/mol. The Morgan fingerprint density at radius 1 is 0.606 bits per heavy atom. The minimum Gasteiger partial charge on any atom is -0.478 e. The molecule has 0 saturated carbocycles. The van der Waals surface area contributed by atoms with Crippen molar-refractivity contribution in [3.8, 4) is 0 Å². The summed E-state index contributed by atoms with van der Waals surface area (Å²) in [5.41, 5.74) is 0. The smallest absolute Gasteiger partial charge is 0.331 e. The second-order valence-corrected chi connectivity index (χ2v) is 6.68. The number of carbonyl (C=O) groups excluding carboxylic acids is 2. The fourth-order valence-electron chi connectivity index (χ4n) is 2.25. The van der Waals surface area contributed by atoms with Crippen LogP contribution in [0.25, 0.3) is 0 Å². The van der Waals surface area contributed by atoms with Gasteiger partial charge < -0.3 is 14.6 Å². The molecule has 1 N–H and O–H groups in total. The first-order chi connectivity index (χ1) is 16.1. The summed E-state index contributed by atoms with van der Waals surface area (Å²) in [4.78, 5) is 32.9. The van der Waals surface area contributed by atoms with Gasteiger partial charge in [0.25, 0.3) is 0 Å². The van der Waals surface area contributed by atoms with E-state index in [4.69, 9.17) is 9.84 Å². The summed E-state index contributed by atoms with van der Waals surface area (Å²) in [5, 5.41) is 8.37. The van der Waals surface area contributed by atoms with E-state index in [0.29, 0.717) is 6.08 Å². The molecule has 0 bridgehead atoms. The van der Waals surface area contributed by atoms with E-state index < -0.39 is 17.9 Å². The van der Waals surface area contributed by atoms with Gasteiger partial charge in [-0.05, 0) is 38.5 Å². The third-order valence-electron chi connectivity index (χ3n) is 3.83. The minimum absolute atomic E-state index is 0.0753. The first kappa shape index (κ1) is 29.6. The SMILES string of the molecule is CC/C=C\C/C=C\C/C=C\C/C=C\C/C=C\C/C=C\CC(=O)OCCOC(=O)/C=C/C(=O)O. The highest BCUT2D eigenvalue weighted by molar-refractivity contribution is 5.90. The summed E-state index contributed by atoms with van der Waals surface area (Å²) in [6.07, 6.45) is 32.2. The van der Waals surface area contributed by atoms with E-state index in [-0.39, 0.29) is 19.6 Å². The van der Waals surface area contributed by atoms with Crippen LogP contribution < -0.4 is 0 Å². The van der Waals surface area contributed by atoms with Crippen molar-refractivity contribution in [2.75, 3.05) is 13.2 Å². The van der Waals surface area contributed by atoms with Crippen LogP contribution in [0.1, 0.15) is 51.9 Å². The van der Waals surface area contributed by atoms with Gasteiger partial charge in [0.05, 0.1) is 6.42 Å². The van der Waals surface area contributed by atoms with Crippen molar-refractivity contribution in [3.05, 3.63) is 85.1 Å². The highest BCUT2D eigenvalue weighted by atomic mass is 16.6. The van der Waals surface area contributed by atoms with E-state index in [1.165, 1.54) is 0 Å². The van der Waals surface area contributed by atoms with Gasteiger partial charge in [0.15, 0.2) is 0 Å². The number of hydrogen-bond acceptors (Lipinski definition) is 5. The molecule has 0 amide bonds. The van der Waals surface area contributed by atoms with Gasteiger partial charge in [-0.25, -0.2) is 9.59 Å². The molecule has 6 nitrogen and oxygen atoms in total. The molecule has 0 spiro atoms. The Morgan fingerprint density at radius 3 is 1.48 bits per heavy atom. The summed E-state index contributed by atoms with van der Waals surface area (Å²) < 4.78 is 9.58. The zero-order valence-electron chi connectivity index (χ0n) is 19.4. The number of aliphatic carboxylic acids is 1. The predicted octanol–water partition coefficient (Wildman–Crippen LogP) is 5.80. The van der Waals surface area contributed by atoms with E-state index >= 15 is 0 Å². The van der Waals surface area contributed by atoms with Crippen molar-refractivity contribution in [1.82, 2.24) is 0 Å². The summed E-state index contributed by atoms with van der Waals surface area (Å²) >= 11 is 0. The van der Waals surface area contributed by atoms with Crippen LogP contribution in [-0.4, -0.2) is 36.2 Å². The maximum Gasteiger partial charge on any atom is 0.331 e. The van der Waals surface area contributed by atoms with E-state index in [1.807, 2.05) is 12.2 Å². The Kier molecular flexibility index (Phi) is 20.9. The number of rotatable bonds is 18. The van der Waals surface area contributed by atoms with Crippen LogP contribution in [0, 0.1) is 0 Å². The summed E-state index contributed by atoms with van der Waals surface area (Å²) in [5.74, 6) is -2.47. The first-order valence-electron chi connectivity index (χ1n) is 11.2. The van der Waals surface area contributed by atoms with E-state index in [0.717, 1.165) is 44.6 Å². The molecule has 0 aromatic carbocycles. The van der Waals surface area contributed by atoms with Gasteiger partial charge in [0, 0.05) is 12.2 Å². The molecule has 0 aliphatic heterocycles. The Bertz CT molecular complexity index is 751. The van der Waals surface area contributed by atoms with Crippen LogP contribution in [0.3, 0.4) is 0 Å². The first-order valence-corrected chi connectivity index (χ1v) is 11.2. The largest absolute Gasteiger partial charge is 0.478 e. The molecular weight excluding hydrogens is 420 g/mol. The standard InChI is InChI=1S/C27H36O6/c1-2-3-4-5-6-7-8-9-10-11-12-13-14-15-16-17-18-19-20-26(30)32-23-24-33-27(31)22-21-25(28)29/h3-4,6-7,9-10,12-13,15-16,18-19,21-22H,2,5,8,11,14,17,20,23-24H2,1H3,(H,28,29)/b4-3-,7-6-,10-9-,13-12-,16-15-,19-18-,22-21+. The lowest BCUT2D eigenvalue weighted by atomic mass is 10.2. The number of allylic oxidation sites excluding steroid dienone is 11. The molecule has 0 atom stereocenters. The number of ether oxygens (including phenoxy) is 2. The lowest BCUT2D eigenvalue weighted by Crippen LogP contribution is -2.12. The number of carboxylic acids is 1. The van der Waals surface area contributed by atoms with Crippen LogP contribution in [0.2, 0.25) is 0 Å². The lowest BCUT2D eigenvalue weighted by Gasteiger charge is -2.03. The van der Waals surface area contributed by atoms with Crippen LogP contribution in [0.4, 0.5) is 0 Å². The Morgan fingerprint density at radius 2 is 1.03 bits per heavy atom. The molecule has 180 valence electrons. The van der Waals surface area contributed by atoms with Gasteiger partial charge >= 0.3 is 17.9 Å². The highest BCUT2D eigenvalue weighted by Gasteiger charge is 2.01. The van der Waals surface area contributed by atoms with E-state index in [1.54, 1.807) is 6.08 Å². The van der Waals surface area contributed by atoms with E-state index in [9.17, 15) is 14.4 Å². The average molecular weight is 457 g/mol. The summed E-state index contributed by atoms with van der Waals surface area (Å²) in [6, 6.07) is 0. The monoisotopic (exact) mass is 456 g/mol. The number of carbonyl (C=O) groups is 3. The van der Waals surface area contributed by atoms with Crippen LogP contribution in [0.15, 0.2) is 85.1 Å². The molecule has 33 heavy (non-hydrogen) atoms. The van der Waals surface area contributed by atoms with Crippen molar-refractivity contribution in [3.63, 3.8) is 0 Å². The van der Waals surface area contributed by atoms with Gasteiger partial charge in [-0.2, -0.15) is 0 Å². The number of esters is 2. The quantitative estimate of drug-likeness (QED) is 0.121. The second-order valence-electron chi connectivity index (χ2n) is 6.68. The zero-order chi connectivity index (χ0) is 24.4. The van der Waals surface area contributed by atoms with Gasteiger partial charge in [-0.1, -0.05) is 79.8 Å². The minimum atomic E-state index is -1.24. The third-order valence-corrected chi connectivity index (χ3v) is 3.83. The molecule has 0 aromatic rings. The lowest BCUT2D eigenvalue weighted by molar-refractivity contribution is -0.149. The second kappa shape index (κ2) is 23.3. The molecule has 0 aromatic heterocycles. The normalized spacial score (nSPS) is 12.5. The summed E-state index contributed by atoms with van der Waals surface area (Å²) in [7, 11) is 0. The molecule has 6 heteroatoms. The van der Waals surface area contributed by atoms with Crippen molar-refractivity contribution in [2.45, 2.75) is 51.9 Å². The molecule has 0 radical (unpaired) electrons. The number of hydrogen-bond donors (Lipinski definition) is 1. The summed E-state index contributed by atoms with van der Waals surface area (Å²) in [6.45, 7) is 1.93. The molecule has 0 saturated heterocycles. The Balaban J connectivity index is 3.67. The molecule has 0 aliphatic rings. The Labute approximate surface area is 197 Å². The van der Waals surface area contributed by atoms with Gasteiger partial charge in [-0.3, -0.25) is 4.79 Å². The van der Waals surface area contributed by atoms with Crippen molar-refractivity contribution < 1.29 is 29.0 Å². The molecule has 0 fully saturated rings. The van der Waals surface area contributed by atoms with Crippen molar-refractivity contribution in [2.24, 2.45) is 0 Å². The van der Waals surface area contributed by atoms with Gasteiger partial charge in [-0.15, -0.1) is 0 Å². The van der Waals surface area contributed by atoms with Crippen LogP contribution >= 0.6 is 0 Å². The van der Waals surface area contributed by atoms with Crippen LogP contribution in [0.5, 0.6) is 0 Å². The Hall–Kier alpha value is -3.41. The molecule has 0 aliphatic carbocycles. The fourth-order valence-corrected chi connectivity index (χ4v) is 2.25. The average Bonchev–Trinajstić information content (AvgIpc) is 2.79. The zero-order valence-corrected chi connectivity index (χ0v) is 19.4. The molecule has 0 unspecified atom stereocenters. The maximum atomic E-state index is 11.5. The highest BCUT2D eigenvalue weighted by Crippen LogP contribution is 1.97. The van der Waals surface area contributed by atoms with Crippen LogP contribution in [-0.2, 0) is 23.9 Å². The fraction of sp³-hybridized carbons (Fsp3) is 0.370. The van der Waals surface area contributed by atoms with Crippen molar-refractivity contribution >= 4 is 17.9 Å². The van der Waals surface area contributed by atoms with Gasteiger partial charge in [0.2, 0.25) is 0 Å². The van der Waals surface area contributed by atoms with Gasteiger partial charge in [0.1, 0.15) is 13.2 Å². The molecule has 0 rings (SSSR count). The van der Waals surface area contributed by atoms with E-state index in [2.05, 4.69) is 66.3 Å². The molecular formula is C27H36O6. The third kappa shape index (κ3) is 24.7. The topological polar surface area (TPSA) is 89.9 Å². The molecule has 0 heterocycles. The maximum absolute atomic E-state index is 11.5. The number of carboxylic acid groups (broad SMARTS) is 1. The van der Waals surface area contributed by atoms with Crippen molar-refractivity contribution in [1.29, 1.82) is 0 Å².